The van der Waals surface area contributed by atoms with Gasteiger partial charge in [-0.2, -0.15) is 13.2 Å². The third-order valence-corrected chi connectivity index (χ3v) is 5.67. The van der Waals surface area contributed by atoms with Crippen LogP contribution < -0.4 is 0 Å². The van der Waals surface area contributed by atoms with Crippen LogP contribution in [-0.2, 0) is 11.2 Å². The average molecular weight is 385 g/mol. The van der Waals surface area contributed by atoms with Gasteiger partial charge < -0.3 is 4.74 Å². The molecule has 0 N–H and O–H groups in total. The number of aryl methyl sites for hydroxylation is 1. The van der Waals surface area contributed by atoms with Gasteiger partial charge in [0.25, 0.3) is 0 Å². The van der Waals surface area contributed by atoms with Gasteiger partial charge in [0.05, 0.1) is 6.10 Å². The Hall–Kier alpha value is -1.03. The van der Waals surface area contributed by atoms with E-state index in [1.165, 1.54) is 44.1 Å². The van der Waals surface area contributed by atoms with E-state index in [0.29, 0.717) is 12.0 Å². The molecule has 0 heterocycles. The maximum absolute atomic E-state index is 12.3. The molecule has 27 heavy (non-hydrogen) atoms. The molecule has 1 aromatic rings. The molecule has 154 valence electrons. The average Bonchev–Trinajstić information content (AvgIpc) is 2.66. The lowest BCUT2D eigenvalue weighted by atomic mass is 9.82. The van der Waals surface area contributed by atoms with Crippen LogP contribution in [-0.4, -0.2) is 18.9 Å². The summed E-state index contributed by atoms with van der Waals surface area (Å²) in [7, 11) is 0. The van der Waals surface area contributed by atoms with E-state index in [1.807, 2.05) is 24.3 Å². The highest BCUT2D eigenvalue weighted by Gasteiger charge is 2.26. The highest BCUT2D eigenvalue weighted by atomic mass is 19.4. The van der Waals surface area contributed by atoms with Crippen LogP contribution in [0.2, 0.25) is 0 Å². The highest BCUT2D eigenvalue weighted by Crippen LogP contribution is 2.34. The van der Waals surface area contributed by atoms with Crippen molar-refractivity contribution in [3.63, 3.8) is 0 Å². The van der Waals surface area contributed by atoms with Gasteiger partial charge in [0.15, 0.2) is 0 Å². The van der Waals surface area contributed by atoms with Crippen molar-refractivity contribution >= 4 is 0 Å². The Kier molecular flexibility index (Phi) is 9.67. The van der Waals surface area contributed by atoms with E-state index in [1.54, 1.807) is 0 Å². The number of unbranched alkanes of at least 4 members (excludes halogenated alkanes) is 5. The van der Waals surface area contributed by atoms with E-state index in [0.717, 1.165) is 37.9 Å². The summed E-state index contributed by atoms with van der Waals surface area (Å²) in [5.74, 6) is 0.524. The zero-order valence-electron chi connectivity index (χ0n) is 16.7. The molecule has 0 saturated heterocycles. The number of alkyl halides is 3. The van der Waals surface area contributed by atoms with Crippen molar-refractivity contribution in [1.29, 1.82) is 0 Å². The lowest BCUT2D eigenvalue weighted by Crippen LogP contribution is -2.21. The highest BCUT2D eigenvalue weighted by molar-refractivity contribution is 5.26. The molecule has 0 radical (unpaired) electrons. The number of hydrogen-bond donors (Lipinski definition) is 0. The van der Waals surface area contributed by atoms with E-state index in [2.05, 4.69) is 6.92 Å². The summed E-state index contributed by atoms with van der Waals surface area (Å²) < 4.78 is 43.0. The minimum Gasteiger partial charge on any atom is -0.378 e. The van der Waals surface area contributed by atoms with Crippen LogP contribution in [0.5, 0.6) is 0 Å². The van der Waals surface area contributed by atoms with Crippen LogP contribution in [0.3, 0.4) is 0 Å². The molecule has 1 fully saturated rings. The van der Waals surface area contributed by atoms with Gasteiger partial charge in [-0.25, -0.2) is 0 Å². The van der Waals surface area contributed by atoms with Gasteiger partial charge in [-0.1, -0.05) is 63.3 Å². The van der Waals surface area contributed by atoms with Crippen molar-refractivity contribution in [3.05, 3.63) is 35.4 Å². The fraction of sp³-hybridized carbons (Fsp3) is 0.739. The van der Waals surface area contributed by atoms with Gasteiger partial charge in [0.2, 0.25) is 0 Å². The number of rotatable bonds is 11. The Morgan fingerprint density at radius 1 is 0.889 bits per heavy atom. The van der Waals surface area contributed by atoms with Crippen LogP contribution in [0.1, 0.15) is 94.6 Å². The van der Waals surface area contributed by atoms with Crippen molar-refractivity contribution in [1.82, 2.24) is 0 Å². The Bertz CT molecular complexity index is 501. The second-order valence-corrected chi connectivity index (χ2v) is 7.97. The normalized spacial score (nSPS) is 20.7. The molecule has 1 saturated carbocycles. The molecule has 0 aromatic heterocycles. The maximum Gasteiger partial charge on any atom is 0.389 e. The second kappa shape index (κ2) is 11.7. The topological polar surface area (TPSA) is 9.23 Å². The summed E-state index contributed by atoms with van der Waals surface area (Å²) in [5, 5.41) is 0. The van der Waals surface area contributed by atoms with Gasteiger partial charge in [-0.3, -0.25) is 0 Å². The van der Waals surface area contributed by atoms with Gasteiger partial charge >= 0.3 is 6.18 Å². The molecule has 0 spiro atoms. The standard InChI is InChI=1S/C23H35F3O/c1-2-3-4-5-6-7-18-27-22-14-12-21(13-15-22)20-10-8-19(9-11-20)16-17-23(24,25)26/h8-11,21-22H,2-7,12-18H2,1H3. The zero-order chi connectivity index (χ0) is 19.5. The summed E-state index contributed by atoms with van der Waals surface area (Å²) in [4.78, 5) is 0. The first-order valence-electron chi connectivity index (χ1n) is 10.7. The SMILES string of the molecule is CCCCCCCCOC1CCC(c2ccc(CCC(F)(F)F)cc2)CC1. The van der Waals surface area contributed by atoms with Gasteiger partial charge in [-0.05, 0) is 55.6 Å². The number of hydrogen-bond acceptors (Lipinski definition) is 1. The molecule has 1 nitrogen and oxygen atoms in total. The fourth-order valence-electron chi connectivity index (χ4n) is 3.94. The Morgan fingerprint density at radius 3 is 2.15 bits per heavy atom. The minimum atomic E-state index is -4.08. The molecule has 4 heteroatoms. The fourth-order valence-corrected chi connectivity index (χ4v) is 3.94. The van der Waals surface area contributed by atoms with E-state index >= 15 is 0 Å². The predicted molar refractivity (Wildman–Crippen MR) is 105 cm³/mol. The molecule has 2 rings (SSSR count). The van der Waals surface area contributed by atoms with E-state index in [-0.39, 0.29) is 6.42 Å². The van der Waals surface area contributed by atoms with Crippen LogP contribution in [0, 0.1) is 0 Å². The number of halogens is 3. The molecule has 1 aromatic carbocycles. The van der Waals surface area contributed by atoms with Crippen molar-refractivity contribution < 1.29 is 17.9 Å². The largest absolute Gasteiger partial charge is 0.389 e. The Labute approximate surface area is 162 Å². The van der Waals surface area contributed by atoms with Crippen LogP contribution in [0.4, 0.5) is 13.2 Å². The smallest absolute Gasteiger partial charge is 0.378 e. The third kappa shape index (κ3) is 9.14. The third-order valence-electron chi connectivity index (χ3n) is 5.67. The molecule has 0 bridgehead atoms. The van der Waals surface area contributed by atoms with Gasteiger partial charge in [0, 0.05) is 13.0 Å². The lowest BCUT2D eigenvalue weighted by molar-refractivity contribution is -0.133. The first-order valence-corrected chi connectivity index (χ1v) is 10.7. The van der Waals surface area contributed by atoms with Crippen LogP contribution in [0.15, 0.2) is 24.3 Å². The van der Waals surface area contributed by atoms with E-state index in [9.17, 15) is 13.2 Å². The Balaban J connectivity index is 1.62. The molecule has 0 unspecified atom stereocenters. The molecule has 0 atom stereocenters. The number of ether oxygens (including phenoxy) is 1. The lowest BCUT2D eigenvalue weighted by Gasteiger charge is -2.29. The van der Waals surface area contributed by atoms with E-state index in [4.69, 9.17) is 4.74 Å². The minimum absolute atomic E-state index is 0.0722. The van der Waals surface area contributed by atoms with Crippen molar-refractivity contribution in [2.75, 3.05) is 6.61 Å². The number of benzene rings is 1. The molecular formula is C23H35F3O. The molecule has 1 aliphatic rings. The monoisotopic (exact) mass is 384 g/mol. The second-order valence-electron chi connectivity index (χ2n) is 7.97. The molecule has 0 aliphatic heterocycles. The predicted octanol–water partition coefficient (Wildman–Crippen LogP) is 7.58. The molecule has 1 aliphatic carbocycles. The van der Waals surface area contributed by atoms with Crippen LogP contribution in [0.25, 0.3) is 0 Å². The molecular weight excluding hydrogens is 349 g/mol. The quantitative estimate of drug-likeness (QED) is 0.357. The van der Waals surface area contributed by atoms with Crippen molar-refractivity contribution in [3.8, 4) is 0 Å². The first-order chi connectivity index (χ1) is 13.0. The molecule has 0 amide bonds. The summed E-state index contributed by atoms with van der Waals surface area (Å²) in [6.07, 6.45) is 7.80. The first kappa shape index (κ1) is 22.3. The maximum atomic E-state index is 12.3. The van der Waals surface area contributed by atoms with Gasteiger partial charge in [-0.15, -0.1) is 0 Å². The summed E-state index contributed by atoms with van der Waals surface area (Å²) in [5.41, 5.74) is 2.03. The Morgan fingerprint density at radius 2 is 1.52 bits per heavy atom. The van der Waals surface area contributed by atoms with Crippen molar-refractivity contribution in [2.24, 2.45) is 0 Å². The van der Waals surface area contributed by atoms with E-state index < -0.39 is 12.6 Å². The summed E-state index contributed by atoms with van der Waals surface area (Å²) in [6, 6.07) is 7.77. The van der Waals surface area contributed by atoms with Gasteiger partial charge in [0.1, 0.15) is 0 Å². The zero-order valence-corrected chi connectivity index (χ0v) is 16.7. The van der Waals surface area contributed by atoms with Crippen LogP contribution >= 0.6 is 0 Å². The summed E-state index contributed by atoms with van der Waals surface area (Å²) in [6.45, 7) is 3.12. The van der Waals surface area contributed by atoms with Crippen molar-refractivity contribution in [2.45, 2.75) is 102 Å². The summed E-state index contributed by atoms with van der Waals surface area (Å²) >= 11 is 0.